The van der Waals surface area contributed by atoms with Crippen molar-refractivity contribution >= 4 is 33.6 Å². The van der Waals surface area contributed by atoms with Gasteiger partial charge in [0.05, 0.1) is 0 Å². The number of nitrogens with zero attached hydrogens (tertiary/aromatic N) is 1. The van der Waals surface area contributed by atoms with E-state index in [0.717, 1.165) is 19.5 Å². The highest BCUT2D eigenvalue weighted by atomic mass is 32.1. The fourth-order valence-corrected chi connectivity index (χ4v) is 3.86. The highest BCUT2D eigenvalue weighted by Crippen LogP contribution is 2.26. The highest BCUT2D eigenvalue weighted by Gasteiger charge is 2.07. The molecule has 2 aromatic heterocycles. The van der Waals surface area contributed by atoms with E-state index in [-0.39, 0.29) is 0 Å². The molecule has 0 aliphatic carbocycles. The fraction of sp³-hybridized carbons (Fsp3) is 0.286. The zero-order valence-electron chi connectivity index (χ0n) is 14.0. The zero-order chi connectivity index (χ0) is 16.6. The van der Waals surface area contributed by atoms with Gasteiger partial charge in [-0.15, -0.1) is 11.3 Å². The molecule has 0 unspecified atom stereocenters. The van der Waals surface area contributed by atoms with Crippen LogP contribution in [0.2, 0.25) is 0 Å². The van der Waals surface area contributed by atoms with Gasteiger partial charge in [0.1, 0.15) is 6.54 Å². The molecule has 0 aliphatic rings. The average Bonchev–Trinajstić information content (AvgIpc) is 3.04. The highest BCUT2D eigenvalue weighted by molar-refractivity contribution is 7.17. The second-order valence-electron chi connectivity index (χ2n) is 6.04. The van der Waals surface area contributed by atoms with Crippen LogP contribution in [-0.2, 0) is 6.54 Å². The van der Waals surface area contributed by atoms with Crippen molar-refractivity contribution < 1.29 is 4.57 Å². The summed E-state index contributed by atoms with van der Waals surface area (Å²) in [5.41, 5.74) is 8.11. The second kappa shape index (κ2) is 8.76. The van der Waals surface area contributed by atoms with Crippen molar-refractivity contribution in [1.29, 1.82) is 0 Å². The summed E-state index contributed by atoms with van der Waals surface area (Å²) in [4.78, 5) is 0. The second-order valence-corrected chi connectivity index (χ2v) is 6.95. The Balaban J connectivity index is 1.70. The lowest BCUT2D eigenvalue weighted by Gasteiger charge is -2.01. The maximum absolute atomic E-state index is 5.56. The molecule has 24 heavy (non-hydrogen) atoms. The molecule has 3 heteroatoms. The summed E-state index contributed by atoms with van der Waals surface area (Å²) in [5, 5.41) is 3.57. The van der Waals surface area contributed by atoms with E-state index in [1.807, 2.05) is 0 Å². The van der Waals surface area contributed by atoms with Gasteiger partial charge in [0.25, 0.3) is 0 Å². The monoisotopic (exact) mass is 337 g/mol. The van der Waals surface area contributed by atoms with E-state index in [4.69, 9.17) is 5.73 Å². The molecule has 0 bridgehead atoms. The first kappa shape index (κ1) is 16.9. The van der Waals surface area contributed by atoms with Crippen LogP contribution in [-0.4, -0.2) is 6.54 Å². The first-order valence-electron chi connectivity index (χ1n) is 8.71. The van der Waals surface area contributed by atoms with Gasteiger partial charge >= 0.3 is 0 Å². The van der Waals surface area contributed by atoms with Gasteiger partial charge in [0, 0.05) is 29.3 Å². The van der Waals surface area contributed by atoms with E-state index >= 15 is 0 Å². The van der Waals surface area contributed by atoms with E-state index in [9.17, 15) is 0 Å². The Morgan fingerprint density at radius 2 is 1.75 bits per heavy atom. The SMILES string of the molecule is NCCCCCC[n+]1ccccc1/C=C/c1csc2ccccc12. The molecule has 0 spiro atoms. The minimum atomic E-state index is 0.807. The standard InChI is InChI=1S/C21H25N2S/c22-14-6-1-2-7-15-23-16-8-5-9-19(23)13-12-18-17-24-21-11-4-3-10-20(18)21/h3-5,8-13,16-17H,1-2,6-7,14-15,22H2/q+1/b13-12+. The number of aryl methyl sites for hydroxylation is 1. The molecule has 124 valence electrons. The Morgan fingerprint density at radius 3 is 2.67 bits per heavy atom. The van der Waals surface area contributed by atoms with Gasteiger partial charge in [-0.25, -0.2) is 0 Å². The molecular formula is C21H25N2S+. The van der Waals surface area contributed by atoms with E-state index in [2.05, 4.69) is 70.8 Å². The van der Waals surface area contributed by atoms with Crippen molar-refractivity contribution in [2.24, 2.45) is 5.73 Å². The number of pyridine rings is 1. The summed E-state index contributed by atoms with van der Waals surface area (Å²) in [5.74, 6) is 0. The third kappa shape index (κ3) is 4.31. The first-order valence-corrected chi connectivity index (χ1v) is 9.59. The number of thiophene rings is 1. The number of hydrogen-bond donors (Lipinski definition) is 1. The van der Waals surface area contributed by atoms with Crippen molar-refractivity contribution in [3.8, 4) is 0 Å². The number of rotatable bonds is 8. The van der Waals surface area contributed by atoms with E-state index in [1.165, 1.54) is 40.6 Å². The molecule has 0 amide bonds. The Morgan fingerprint density at radius 1 is 0.917 bits per heavy atom. The smallest absolute Gasteiger partial charge is 0.205 e. The van der Waals surface area contributed by atoms with E-state index in [0.29, 0.717) is 0 Å². The summed E-state index contributed by atoms with van der Waals surface area (Å²) in [6, 6.07) is 15.0. The number of benzene rings is 1. The van der Waals surface area contributed by atoms with E-state index in [1.54, 1.807) is 11.3 Å². The number of nitrogens with two attached hydrogens (primary N) is 1. The van der Waals surface area contributed by atoms with Crippen LogP contribution in [0.3, 0.4) is 0 Å². The van der Waals surface area contributed by atoms with Crippen molar-refractivity contribution in [2.45, 2.75) is 32.2 Å². The lowest BCUT2D eigenvalue weighted by atomic mass is 10.1. The maximum Gasteiger partial charge on any atom is 0.205 e. The predicted octanol–water partition coefficient (Wildman–Crippen LogP) is 4.88. The normalized spacial score (nSPS) is 11.5. The van der Waals surface area contributed by atoms with Gasteiger partial charge < -0.3 is 5.73 Å². The number of unbranched alkanes of at least 4 members (excludes halogenated alkanes) is 3. The van der Waals surface area contributed by atoms with Gasteiger partial charge in [-0.2, -0.15) is 4.57 Å². The van der Waals surface area contributed by atoms with Crippen LogP contribution >= 0.6 is 11.3 Å². The molecule has 1 aromatic carbocycles. The third-order valence-corrected chi connectivity index (χ3v) is 5.26. The number of hydrogen-bond acceptors (Lipinski definition) is 2. The Hall–Kier alpha value is -1.97. The molecule has 0 saturated carbocycles. The van der Waals surface area contributed by atoms with Gasteiger partial charge in [-0.05, 0) is 53.9 Å². The van der Waals surface area contributed by atoms with Crippen LogP contribution in [0.25, 0.3) is 22.2 Å². The van der Waals surface area contributed by atoms with Crippen LogP contribution < -0.4 is 10.3 Å². The molecule has 2 N–H and O–H groups in total. The topological polar surface area (TPSA) is 29.9 Å². The van der Waals surface area contributed by atoms with Crippen molar-refractivity contribution in [3.05, 3.63) is 65.3 Å². The van der Waals surface area contributed by atoms with Gasteiger partial charge in [0.2, 0.25) is 5.69 Å². The summed E-state index contributed by atoms with van der Waals surface area (Å²) >= 11 is 1.81. The minimum absolute atomic E-state index is 0.807. The van der Waals surface area contributed by atoms with Crippen LogP contribution in [0.5, 0.6) is 0 Å². The third-order valence-electron chi connectivity index (χ3n) is 4.27. The maximum atomic E-state index is 5.56. The first-order chi connectivity index (χ1) is 11.9. The van der Waals surface area contributed by atoms with Gasteiger partial charge in [0.15, 0.2) is 6.20 Å². The average molecular weight is 338 g/mol. The van der Waals surface area contributed by atoms with Crippen LogP contribution in [0, 0.1) is 0 Å². The van der Waals surface area contributed by atoms with Gasteiger partial charge in [-0.1, -0.05) is 24.6 Å². The quantitative estimate of drug-likeness (QED) is 0.461. The largest absolute Gasteiger partial charge is 0.330 e. The summed E-state index contributed by atoms with van der Waals surface area (Å²) in [7, 11) is 0. The van der Waals surface area contributed by atoms with Crippen molar-refractivity contribution in [2.75, 3.05) is 6.54 Å². The van der Waals surface area contributed by atoms with Crippen molar-refractivity contribution in [3.63, 3.8) is 0 Å². The van der Waals surface area contributed by atoms with Gasteiger partial charge in [-0.3, -0.25) is 0 Å². The van der Waals surface area contributed by atoms with E-state index < -0.39 is 0 Å². The molecule has 2 nitrogen and oxygen atoms in total. The molecule has 2 heterocycles. The number of aromatic nitrogens is 1. The fourth-order valence-electron chi connectivity index (χ4n) is 2.93. The molecule has 3 aromatic rings. The summed E-state index contributed by atoms with van der Waals surface area (Å²) in [6.07, 6.45) is 11.5. The van der Waals surface area contributed by atoms with Crippen LogP contribution in [0.15, 0.2) is 54.0 Å². The Kier molecular flexibility index (Phi) is 6.16. The number of fused-ring (bicyclic) bond motifs is 1. The molecular weight excluding hydrogens is 312 g/mol. The summed E-state index contributed by atoms with van der Waals surface area (Å²) < 4.78 is 3.69. The Labute approximate surface area is 148 Å². The minimum Gasteiger partial charge on any atom is -0.330 e. The van der Waals surface area contributed by atoms with Crippen molar-refractivity contribution in [1.82, 2.24) is 0 Å². The molecule has 0 atom stereocenters. The zero-order valence-corrected chi connectivity index (χ0v) is 14.8. The molecule has 0 fully saturated rings. The van der Waals surface area contributed by atoms with Crippen LogP contribution in [0.1, 0.15) is 36.9 Å². The molecule has 0 saturated heterocycles. The summed E-state index contributed by atoms with van der Waals surface area (Å²) in [6.45, 7) is 1.87. The predicted molar refractivity (Wildman–Crippen MR) is 105 cm³/mol. The lowest BCUT2D eigenvalue weighted by Crippen LogP contribution is -2.36. The molecule has 3 rings (SSSR count). The molecule has 0 radical (unpaired) electrons. The van der Waals surface area contributed by atoms with Crippen LogP contribution in [0.4, 0.5) is 0 Å². The lowest BCUT2D eigenvalue weighted by molar-refractivity contribution is -0.699. The Bertz CT molecular complexity index is 804. The molecule has 0 aliphatic heterocycles.